The molecule has 0 spiro atoms. The van der Waals surface area contributed by atoms with Crippen LogP contribution in [0.25, 0.3) is 0 Å². The van der Waals surface area contributed by atoms with Gasteiger partial charge >= 0.3 is 12.1 Å². The number of hydrogen-bond acceptors (Lipinski definition) is 9. The maximum absolute atomic E-state index is 13.3. The van der Waals surface area contributed by atoms with Crippen molar-refractivity contribution < 1.29 is 32.7 Å². The average Bonchev–Trinajstić information content (AvgIpc) is 3.78. The number of pyridine rings is 2. The second-order valence-corrected chi connectivity index (χ2v) is 10.4. The van der Waals surface area contributed by atoms with E-state index in [1.54, 1.807) is 12.1 Å². The van der Waals surface area contributed by atoms with E-state index in [-0.39, 0.29) is 29.3 Å². The van der Waals surface area contributed by atoms with E-state index in [1.807, 2.05) is 0 Å². The van der Waals surface area contributed by atoms with Gasteiger partial charge in [-0.25, -0.2) is 14.8 Å². The van der Waals surface area contributed by atoms with Crippen molar-refractivity contribution in [1.29, 1.82) is 0 Å². The fraction of sp³-hybridized carbons (Fsp3) is 0.179. The lowest BCUT2D eigenvalue weighted by atomic mass is 10.1. The number of carboxylic acids is 1. The summed E-state index contributed by atoms with van der Waals surface area (Å²) in [5.41, 5.74) is 5.29. The summed E-state index contributed by atoms with van der Waals surface area (Å²) >= 11 is 3.05. The largest absolute Gasteiger partial charge is 0.478 e. The van der Waals surface area contributed by atoms with Crippen LogP contribution in [0.3, 0.4) is 0 Å². The highest BCUT2D eigenvalue weighted by Gasteiger charge is 2.51. The minimum Gasteiger partial charge on any atom is -0.478 e. The Morgan fingerprint density at radius 2 is 1.66 bits per heavy atom. The molecule has 2 amide bonds. The van der Waals surface area contributed by atoms with Gasteiger partial charge in [0.25, 0.3) is 5.91 Å². The molecule has 0 aliphatic heterocycles. The van der Waals surface area contributed by atoms with E-state index in [2.05, 4.69) is 51.8 Å². The standard InChI is InChI=1S/C23H20BrF3N6O2.C5H4N2O2/c24-14-1-4-19(18(8-14)23(25,26)27)32-17-3-2-16(30-12-17)11-31-21(35)22(5-6-22)33-20(34)13-7-15(28)10-29-9-13;8-5(9)4-1-6-3-7-2-4/h1-4,7-10,12,32H,5-6,11,28H2,(H,31,35)(H,33,34);1-3H,(H,8,9). The predicted octanol–water partition coefficient (Wildman–Crippen LogP) is 4.34. The molecule has 1 saturated carbocycles. The van der Waals surface area contributed by atoms with Gasteiger partial charge in [-0.2, -0.15) is 13.2 Å². The highest BCUT2D eigenvalue weighted by atomic mass is 79.9. The highest BCUT2D eigenvalue weighted by molar-refractivity contribution is 9.10. The van der Waals surface area contributed by atoms with Crippen molar-refractivity contribution >= 4 is 50.8 Å². The number of halogens is 4. The third-order valence-electron chi connectivity index (χ3n) is 6.19. The van der Waals surface area contributed by atoms with Gasteiger partial charge in [0.05, 0.1) is 52.2 Å². The number of carbonyl (C=O) groups excluding carboxylic acids is 2. The van der Waals surface area contributed by atoms with Crippen molar-refractivity contribution in [2.75, 3.05) is 11.1 Å². The molecule has 12 nitrogen and oxygen atoms in total. The van der Waals surface area contributed by atoms with Gasteiger partial charge in [0.2, 0.25) is 5.91 Å². The van der Waals surface area contributed by atoms with Crippen molar-refractivity contribution in [2.45, 2.75) is 31.1 Å². The number of amides is 2. The number of nitrogens with one attached hydrogen (secondary N) is 3. The first-order valence-corrected chi connectivity index (χ1v) is 13.5. The molecule has 1 aliphatic rings. The molecule has 44 heavy (non-hydrogen) atoms. The highest BCUT2D eigenvalue weighted by Crippen LogP contribution is 2.38. The molecule has 0 atom stereocenters. The maximum Gasteiger partial charge on any atom is 0.418 e. The van der Waals surface area contributed by atoms with Crippen LogP contribution >= 0.6 is 15.9 Å². The summed E-state index contributed by atoms with van der Waals surface area (Å²) in [6.07, 6.45) is 4.39. The summed E-state index contributed by atoms with van der Waals surface area (Å²) in [5, 5.41) is 16.5. The third-order valence-corrected chi connectivity index (χ3v) is 6.68. The minimum atomic E-state index is -4.53. The number of benzene rings is 1. The zero-order valence-corrected chi connectivity index (χ0v) is 24.2. The Hall–Kier alpha value is -5.12. The fourth-order valence-electron chi connectivity index (χ4n) is 3.77. The van der Waals surface area contributed by atoms with Crippen LogP contribution in [0.4, 0.5) is 30.2 Å². The number of aromatic carboxylic acids is 1. The Balaban J connectivity index is 0.000000421. The van der Waals surface area contributed by atoms with Crippen LogP contribution in [0.5, 0.6) is 0 Å². The summed E-state index contributed by atoms with van der Waals surface area (Å²) in [4.78, 5) is 50.4. The first-order valence-electron chi connectivity index (χ1n) is 12.7. The van der Waals surface area contributed by atoms with Crippen LogP contribution in [0, 0.1) is 0 Å². The number of hydrogen-bond donors (Lipinski definition) is 5. The molecule has 1 aliphatic carbocycles. The van der Waals surface area contributed by atoms with Crippen molar-refractivity contribution in [3.8, 4) is 0 Å². The molecule has 0 unspecified atom stereocenters. The van der Waals surface area contributed by atoms with E-state index in [1.165, 1.54) is 55.5 Å². The molecule has 0 bridgehead atoms. The zero-order valence-electron chi connectivity index (χ0n) is 22.6. The number of alkyl halides is 3. The second-order valence-electron chi connectivity index (χ2n) is 9.51. The number of carboxylic acid groups (broad SMARTS) is 1. The number of nitrogens with zero attached hydrogens (tertiary/aromatic N) is 4. The van der Waals surface area contributed by atoms with Crippen molar-refractivity contribution in [2.24, 2.45) is 0 Å². The summed E-state index contributed by atoms with van der Waals surface area (Å²) in [5.74, 6) is -1.80. The Labute approximate surface area is 256 Å². The lowest BCUT2D eigenvalue weighted by Gasteiger charge is -2.17. The molecule has 1 fully saturated rings. The first kappa shape index (κ1) is 31.8. The summed E-state index contributed by atoms with van der Waals surface area (Å²) < 4.78 is 40.3. The average molecular weight is 673 g/mol. The van der Waals surface area contributed by atoms with Crippen LogP contribution in [-0.2, 0) is 17.5 Å². The van der Waals surface area contributed by atoms with Crippen LogP contribution < -0.4 is 21.7 Å². The molecule has 3 aromatic heterocycles. The molecule has 1 aromatic carbocycles. The number of anilines is 3. The van der Waals surface area contributed by atoms with Crippen molar-refractivity contribution in [3.05, 3.63) is 101 Å². The van der Waals surface area contributed by atoms with Gasteiger partial charge in [0.1, 0.15) is 11.9 Å². The van der Waals surface area contributed by atoms with Crippen molar-refractivity contribution in [1.82, 2.24) is 30.6 Å². The van der Waals surface area contributed by atoms with E-state index in [0.29, 0.717) is 34.4 Å². The number of carbonyl (C=O) groups is 3. The summed E-state index contributed by atoms with van der Waals surface area (Å²) in [6, 6.07) is 8.45. The van der Waals surface area contributed by atoms with Gasteiger partial charge in [-0.1, -0.05) is 15.9 Å². The van der Waals surface area contributed by atoms with Gasteiger partial charge in [0, 0.05) is 29.3 Å². The molecule has 6 N–H and O–H groups in total. The normalized spacial score (nSPS) is 13.1. The second kappa shape index (κ2) is 13.5. The van der Waals surface area contributed by atoms with Gasteiger partial charge in [-0.3, -0.25) is 19.6 Å². The zero-order chi connectivity index (χ0) is 31.9. The maximum atomic E-state index is 13.3. The molecular formula is C28H24BrF3N8O4. The molecule has 0 saturated heterocycles. The number of rotatable bonds is 8. The Bertz CT molecular complexity index is 1650. The van der Waals surface area contributed by atoms with E-state index < -0.39 is 29.2 Å². The van der Waals surface area contributed by atoms with E-state index in [4.69, 9.17) is 10.8 Å². The number of nitrogens with two attached hydrogens (primary N) is 1. The van der Waals surface area contributed by atoms with Crippen LogP contribution in [-0.4, -0.2) is 48.4 Å². The molecule has 3 heterocycles. The van der Waals surface area contributed by atoms with Gasteiger partial charge < -0.3 is 26.8 Å². The van der Waals surface area contributed by atoms with Crippen LogP contribution in [0.2, 0.25) is 0 Å². The van der Waals surface area contributed by atoms with Crippen LogP contribution in [0.15, 0.2) is 78.2 Å². The SMILES string of the molecule is Nc1cncc(C(=O)NC2(C(=O)NCc3ccc(Nc4ccc(Br)cc4C(F)(F)F)cn3)CC2)c1.O=C(O)c1cncnc1. The van der Waals surface area contributed by atoms with Crippen molar-refractivity contribution in [3.63, 3.8) is 0 Å². The lowest BCUT2D eigenvalue weighted by molar-refractivity contribution is -0.137. The van der Waals surface area contributed by atoms with Gasteiger partial charge in [-0.05, 0) is 49.2 Å². The predicted molar refractivity (Wildman–Crippen MR) is 156 cm³/mol. The Kier molecular flexibility index (Phi) is 9.73. The number of aromatic nitrogens is 4. The first-order chi connectivity index (χ1) is 20.9. The lowest BCUT2D eigenvalue weighted by Crippen LogP contribution is -2.48. The van der Waals surface area contributed by atoms with Gasteiger partial charge in [-0.15, -0.1) is 0 Å². The smallest absolute Gasteiger partial charge is 0.418 e. The molecule has 0 radical (unpaired) electrons. The molecule has 4 aromatic rings. The summed E-state index contributed by atoms with van der Waals surface area (Å²) in [6.45, 7) is 0.0860. The topological polar surface area (TPSA) is 185 Å². The quantitative estimate of drug-likeness (QED) is 0.180. The molecule has 16 heteroatoms. The molecular weight excluding hydrogens is 649 g/mol. The molecule has 228 valence electrons. The van der Waals surface area contributed by atoms with Crippen LogP contribution in [0.1, 0.15) is 44.8 Å². The van der Waals surface area contributed by atoms with E-state index in [9.17, 15) is 27.6 Å². The molecule has 5 rings (SSSR count). The minimum absolute atomic E-state index is 0.0860. The fourth-order valence-corrected chi connectivity index (χ4v) is 4.13. The van der Waals surface area contributed by atoms with E-state index in [0.717, 1.165) is 6.07 Å². The monoisotopic (exact) mass is 672 g/mol. The summed E-state index contributed by atoms with van der Waals surface area (Å²) in [7, 11) is 0. The Morgan fingerprint density at radius 3 is 2.23 bits per heavy atom. The van der Waals surface area contributed by atoms with E-state index >= 15 is 0 Å². The Morgan fingerprint density at radius 1 is 0.955 bits per heavy atom. The third kappa shape index (κ3) is 8.47. The number of nitrogen functional groups attached to an aromatic ring is 1. The van der Waals surface area contributed by atoms with Gasteiger partial charge in [0.15, 0.2) is 0 Å².